The molecule has 0 fully saturated rings. The van der Waals surface area contributed by atoms with Crippen LogP contribution in [0.3, 0.4) is 0 Å². The summed E-state index contributed by atoms with van der Waals surface area (Å²) in [6.45, 7) is 10.1. The summed E-state index contributed by atoms with van der Waals surface area (Å²) in [5.74, 6) is 0.171. The second kappa shape index (κ2) is 8.27. The number of hydrogen-bond donors (Lipinski definition) is 0. The van der Waals surface area contributed by atoms with Crippen LogP contribution >= 0.6 is 0 Å². The van der Waals surface area contributed by atoms with E-state index in [1.807, 2.05) is 6.08 Å². The third kappa shape index (κ3) is 7.98. The van der Waals surface area contributed by atoms with E-state index in [4.69, 9.17) is 4.74 Å². The van der Waals surface area contributed by atoms with Crippen LogP contribution in [0.1, 0.15) is 40.0 Å². The zero-order valence-electron chi connectivity index (χ0n) is 10.1. The molecule has 15 heavy (non-hydrogen) atoms. The van der Waals surface area contributed by atoms with Gasteiger partial charge < -0.3 is 4.74 Å². The summed E-state index contributed by atoms with van der Waals surface area (Å²) >= 11 is 0. The van der Waals surface area contributed by atoms with Gasteiger partial charge in [-0.25, -0.2) is 0 Å². The van der Waals surface area contributed by atoms with Crippen molar-refractivity contribution >= 4 is 5.97 Å². The number of allylic oxidation sites excluding steroid dienone is 2. The lowest BCUT2D eigenvalue weighted by atomic mass is 10.1. The first-order valence-electron chi connectivity index (χ1n) is 5.54. The first kappa shape index (κ1) is 13.9. The Kier molecular flexibility index (Phi) is 7.69. The molecule has 0 aromatic rings. The van der Waals surface area contributed by atoms with Crippen LogP contribution in [0.15, 0.2) is 24.3 Å². The van der Waals surface area contributed by atoms with Gasteiger partial charge in [-0.1, -0.05) is 31.6 Å². The van der Waals surface area contributed by atoms with Crippen LogP contribution in [0, 0.1) is 5.92 Å². The van der Waals surface area contributed by atoms with E-state index in [0.29, 0.717) is 18.9 Å². The molecule has 0 radical (unpaired) electrons. The number of esters is 1. The molecule has 2 heteroatoms. The molecule has 0 heterocycles. The minimum absolute atomic E-state index is 0.126. The molecule has 0 aromatic heterocycles. The van der Waals surface area contributed by atoms with Gasteiger partial charge in [0, 0.05) is 12.3 Å². The maximum atomic E-state index is 10.9. The molecule has 0 aromatic carbocycles. The van der Waals surface area contributed by atoms with Crippen LogP contribution in [0.25, 0.3) is 0 Å². The van der Waals surface area contributed by atoms with Gasteiger partial charge in [-0.15, -0.1) is 6.58 Å². The molecule has 1 atom stereocenters. The summed E-state index contributed by atoms with van der Waals surface area (Å²) in [4.78, 5) is 10.9. The highest BCUT2D eigenvalue weighted by atomic mass is 16.5. The van der Waals surface area contributed by atoms with E-state index in [2.05, 4.69) is 26.5 Å². The average molecular weight is 210 g/mol. The molecule has 0 aliphatic carbocycles. The van der Waals surface area contributed by atoms with E-state index in [0.717, 1.165) is 12.8 Å². The maximum Gasteiger partial charge on any atom is 0.305 e. The first-order chi connectivity index (χ1) is 7.10. The van der Waals surface area contributed by atoms with Gasteiger partial charge in [0.1, 0.15) is 0 Å². The first-order valence-corrected chi connectivity index (χ1v) is 5.54. The zero-order chi connectivity index (χ0) is 11.7. The van der Waals surface area contributed by atoms with Crippen LogP contribution in [0.5, 0.6) is 0 Å². The van der Waals surface area contributed by atoms with Crippen molar-refractivity contribution < 1.29 is 9.53 Å². The van der Waals surface area contributed by atoms with E-state index in [9.17, 15) is 4.79 Å². The predicted molar refractivity (Wildman–Crippen MR) is 63.6 cm³/mol. The Bertz CT molecular complexity index is 229. The zero-order valence-corrected chi connectivity index (χ0v) is 10.1. The lowest BCUT2D eigenvalue weighted by Gasteiger charge is -2.09. The van der Waals surface area contributed by atoms with Crippen molar-refractivity contribution in [3.63, 3.8) is 0 Å². The second-order valence-corrected chi connectivity index (χ2v) is 3.85. The third-order valence-electron chi connectivity index (χ3n) is 2.11. The van der Waals surface area contributed by atoms with Gasteiger partial charge in [-0.05, 0) is 19.8 Å². The SMILES string of the molecule is C=CCC/C(C)=C/C(C)COC(=O)CC. The van der Waals surface area contributed by atoms with E-state index in [1.165, 1.54) is 5.57 Å². The van der Waals surface area contributed by atoms with Gasteiger partial charge >= 0.3 is 5.97 Å². The van der Waals surface area contributed by atoms with Gasteiger partial charge in [0.25, 0.3) is 0 Å². The Morgan fingerprint density at radius 2 is 2.20 bits per heavy atom. The van der Waals surface area contributed by atoms with Crippen molar-refractivity contribution in [2.24, 2.45) is 5.92 Å². The summed E-state index contributed by atoms with van der Waals surface area (Å²) in [5.41, 5.74) is 1.33. The molecule has 0 rings (SSSR count). The van der Waals surface area contributed by atoms with Crippen LogP contribution in [-0.4, -0.2) is 12.6 Å². The lowest BCUT2D eigenvalue weighted by molar-refractivity contribution is -0.144. The maximum absolute atomic E-state index is 10.9. The van der Waals surface area contributed by atoms with Crippen molar-refractivity contribution in [1.29, 1.82) is 0 Å². The standard InChI is InChI=1S/C13H22O2/c1-5-7-8-11(3)9-12(4)10-15-13(14)6-2/h5,9,12H,1,6-8,10H2,2-4H3/b11-9+. The summed E-state index contributed by atoms with van der Waals surface area (Å²) in [6.07, 6.45) is 6.57. The molecule has 0 amide bonds. The molecule has 86 valence electrons. The Hall–Kier alpha value is -1.05. The molecule has 0 aliphatic rings. The second-order valence-electron chi connectivity index (χ2n) is 3.85. The van der Waals surface area contributed by atoms with Crippen molar-refractivity contribution in [2.75, 3.05) is 6.61 Å². The van der Waals surface area contributed by atoms with E-state index in [1.54, 1.807) is 6.92 Å². The Morgan fingerprint density at radius 3 is 2.73 bits per heavy atom. The van der Waals surface area contributed by atoms with E-state index in [-0.39, 0.29) is 5.97 Å². The van der Waals surface area contributed by atoms with Crippen LogP contribution in [0.2, 0.25) is 0 Å². The van der Waals surface area contributed by atoms with Gasteiger partial charge in [0.15, 0.2) is 0 Å². The average Bonchev–Trinajstić information content (AvgIpc) is 2.22. The number of ether oxygens (including phenoxy) is 1. The van der Waals surface area contributed by atoms with Gasteiger partial charge in [0.2, 0.25) is 0 Å². The van der Waals surface area contributed by atoms with E-state index < -0.39 is 0 Å². The monoisotopic (exact) mass is 210 g/mol. The molecule has 0 spiro atoms. The minimum Gasteiger partial charge on any atom is -0.465 e. The highest BCUT2D eigenvalue weighted by Crippen LogP contribution is 2.09. The van der Waals surface area contributed by atoms with Gasteiger partial charge in [0.05, 0.1) is 6.61 Å². The van der Waals surface area contributed by atoms with Crippen LogP contribution in [-0.2, 0) is 9.53 Å². The smallest absolute Gasteiger partial charge is 0.305 e. The summed E-state index contributed by atoms with van der Waals surface area (Å²) in [5, 5.41) is 0. The molecule has 0 saturated heterocycles. The normalized spacial score (nSPS) is 13.4. The van der Waals surface area contributed by atoms with Crippen molar-refractivity contribution in [2.45, 2.75) is 40.0 Å². The number of carbonyl (C=O) groups excluding carboxylic acids is 1. The fraction of sp³-hybridized carbons (Fsp3) is 0.615. The van der Waals surface area contributed by atoms with Gasteiger partial charge in [-0.2, -0.15) is 0 Å². The van der Waals surface area contributed by atoms with Crippen molar-refractivity contribution in [1.82, 2.24) is 0 Å². The largest absolute Gasteiger partial charge is 0.465 e. The minimum atomic E-state index is -0.126. The molecular weight excluding hydrogens is 188 g/mol. The van der Waals surface area contributed by atoms with Gasteiger partial charge in [-0.3, -0.25) is 4.79 Å². The molecule has 0 aliphatic heterocycles. The van der Waals surface area contributed by atoms with E-state index >= 15 is 0 Å². The van der Waals surface area contributed by atoms with Crippen LogP contribution < -0.4 is 0 Å². The topological polar surface area (TPSA) is 26.3 Å². The fourth-order valence-corrected chi connectivity index (χ4v) is 1.27. The van der Waals surface area contributed by atoms with Crippen molar-refractivity contribution in [3.05, 3.63) is 24.3 Å². The summed E-state index contributed by atoms with van der Waals surface area (Å²) in [6, 6.07) is 0. The summed E-state index contributed by atoms with van der Waals surface area (Å²) < 4.78 is 5.05. The van der Waals surface area contributed by atoms with Crippen LogP contribution in [0.4, 0.5) is 0 Å². The molecule has 2 nitrogen and oxygen atoms in total. The number of carbonyl (C=O) groups is 1. The molecule has 1 unspecified atom stereocenters. The summed E-state index contributed by atoms with van der Waals surface area (Å²) in [7, 11) is 0. The Balaban J connectivity index is 3.84. The fourth-order valence-electron chi connectivity index (χ4n) is 1.27. The molecular formula is C13H22O2. The lowest BCUT2D eigenvalue weighted by Crippen LogP contribution is -2.09. The highest BCUT2D eigenvalue weighted by Gasteiger charge is 2.03. The molecule has 0 N–H and O–H groups in total. The third-order valence-corrected chi connectivity index (χ3v) is 2.11. The Labute approximate surface area is 93.0 Å². The highest BCUT2D eigenvalue weighted by molar-refractivity contribution is 5.68. The Morgan fingerprint density at radius 1 is 1.53 bits per heavy atom. The quantitative estimate of drug-likeness (QED) is 0.475. The molecule has 0 bridgehead atoms. The molecule has 0 saturated carbocycles. The van der Waals surface area contributed by atoms with Crippen molar-refractivity contribution in [3.8, 4) is 0 Å². The number of hydrogen-bond acceptors (Lipinski definition) is 2. The predicted octanol–water partition coefficient (Wildman–Crippen LogP) is 3.49. The number of rotatable bonds is 7.